The molecule has 2 heterocycles. The minimum Gasteiger partial charge on any atom is -0.496 e. The van der Waals surface area contributed by atoms with E-state index in [-0.39, 0.29) is 11.7 Å². The van der Waals surface area contributed by atoms with Gasteiger partial charge in [0.15, 0.2) is 5.16 Å². The lowest BCUT2D eigenvalue weighted by Crippen LogP contribution is -2.30. The van der Waals surface area contributed by atoms with Gasteiger partial charge < -0.3 is 9.30 Å². The van der Waals surface area contributed by atoms with Crippen molar-refractivity contribution in [1.29, 1.82) is 0 Å². The van der Waals surface area contributed by atoms with E-state index in [1.54, 1.807) is 18.9 Å². The van der Waals surface area contributed by atoms with Crippen LogP contribution < -0.4 is 9.64 Å². The van der Waals surface area contributed by atoms with Crippen LogP contribution in [0.5, 0.6) is 5.75 Å². The van der Waals surface area contributed by atoms with Crippen LogP contribution in [-0.2, 0) is 24.7 Å². The summed E-state index contributed by atoms with van der Waals surface area (Å²) in [4.78, 5) is 17.5. The third-order valence-electron chi connectivity index (χ3n) is 6.26. The van der Waals surface area contributed by atoms with Crippen LogP contribution in [0.2, 0.25) is 0 Å². The smallest absolute Gasteiger partial charge is 0.242 e. The molecule has 36 heavy (non-hydrogen) atoms. The molecular weight excluding hydrogens is 488 g/mol. The summed E-state index contributed by atoms with van der Waals surface area (Å²) >= 11 is 3.13. The van der Waals surface area contributed by atoms with Crippen LogP contribution in [0.4, 0.5) is 11.4 Å². The van der Waals surface area contributed by atoms with Gasteiger partial charge in [-0.1, -0.05) is 59.9 Å². The van der Waals surface area contributed by atoms with Gasteiger partial charge >= 0.3 is 0 Å². The highest BCUT2D eigenvalue weighted by Gasteiger charge is 2.28. The Morgan fingerprint density at radius 3 is 2.33 bits per heavy atom. The van der Waals surface area contributed by atoms with Crippen LogP contribution in [0.1, 0.15) is 23.4 Å². The van der Waals surface area contributed by atoms with Crippen molar-refractivity contribution in [2.45, 2.75) is 41.1 Å². The number of thioether (sulfide) groups is 1. The molecular formula is C28H28N4O2S2. The molecule has 0 atom stereocenters. The van der Waals surface area contributed by atoms with Crippen molar-refractivity contribution in [2.75, 3.05) is 17.8 Å². The number of hydrogen-bond donors (Lipinski definition) is 0. The Morgan fingerprint density at radius 1 is 0.972 bits per heavy atom. The molecule has 4 aromatic rings. The Kier molecular flexibility index (Phi) is 7.34. The zero-order valence-corrected chi connectivity index (χ0v) is 22.2. The maximum atomic E-state index is 13.4. The number of carbonyl (C=O) groups is 1. The van der Waals surface area contributed by atoms with Gasteiger partial charge in [0.2, 0.25) is 5.91 Å². The Balaban J connectivity index is 1.22. The van der Waals surface area contributed by atoms with E-state index in [0.717, 1.165) is 62.7 Å². The van der Waals surface area contributed by atoms with Gasteiger partial charge in [-0.25, -0.2) is 0 Å². The van der Waals surface area contributed by atoms with Gasteiger partial charge in [-0.2, -0.15) is 0 Å². The third kappa shape index (κ3) is 5.01. The van der Waals surface area contributed by atoms with Gasteiger partial charge in [0, 0.05) is 23.3 Å². The molecule has 5 rings (SSSR count). The Labute approximate surface area is 220 Å². The summed E-state index contributed by atoms with van der Waals surface area (Å²) in [5, 5.41) is 9.52. The van der Waals surface area contributed by atoms with Gasteiger partial charge in [0.1, 0.15) is 11.6 Å². The first-order valence-corrected chi connectivity index (χ1v) is 13.7. The van der Waals surface area contributed by atoms with Gasteiger partial charge in [0.25, 0.3) is 0 Å². The second kappa shape index (κ2) is 10.8. The molecule has 3 aromatic carbocycles. The second-order valence-corrected chi connectivity index (χ2v) is 10.7. The van der Waals surface area contributed by atoms with Gasteiger partial charge in [-0.3, -0.25) is 9.69 Å². The summed E-state index contributed by atoms with van der Waals surface area (Å²) in [6.45, 7) is 2.07. The molecule has 0 unspecified atom stereocenters. The highest BCUT2D eigenvalue weighted by Crippen LogP contribution is 2.48. The van der Waals surface area contributed by atoms with Crippen LogP contribution in [0.25, 0.3) is 0 Å². The first kappa shape index (κ1) is 24.5. The SMILES string of the molecule is COc1ccc(CCCc2nnc(SCC(=O)N3c4ccccc4Sc4ccccc43)n2C)cc1C. The predicted octanol–water partition coefficient (Wildman–Crippen LogP) is 6.23. The monoisotopic (exact) mass is 516 g/mol. The summed E-state index contributed by atoms with van der Waals surface area (Å²) < 4.78 is 7.36. The number of para-hydroxylation sites is 2. The van der Waals surface area contributed by atoms with E-state index in [1.165, 1.54) is 17.3 Å². The molecule has 0 saturated heterocycles. The van der Waals surface area contributed by atoms with E-state index in [9.17, 15) is 4.79 Å². The summed E-state index contributed by atoms with van der Waals surface area (Å²) in [6.07, 6.45) is 2.76. The van der Waals surface area contributed by atoms with Gasteiger partial charge in [-0.05, 0) is 61.2 Å². The zero-order chi connectivity index (χ0) is 25.1. The fourth-order valence-corrected chi connectivity index (χ4v) is 6.24. The minimum atomic E-state index is 0.0274. The number of amides is 1. The number of carbonyl (C=O) groups excluding carboxylic acids is 1. The highest BCUT2D eigenvalue weighted by atomic mass is 32.2. The van der Waals surface area contributed by atoms with Crippen molar-refractivity contribution < 1.29 is 9.53 Å². The molecule has 0 bridgehead atoms. The Bertz CT molecular complexity index is 1360. The van der Waals surface area contributed by atoms with Crippen LogP contribution in [0, 0.1) is 6.92 Å². The topological polar surface area (TPSA) is 60.3 Å². The number of aromatic nitrogens is 3. The molecule has 0 N–H and O–H groups in total. The standard InChI is InChI=1S/C28H28N4O2S2/c1-19-17-20(15-16-23(19)34-3)9-8-14-26-29-30-28(31(26)2)35-18-27(33)32-21-10-4-6-12-24(21)36-25-13-7-5-11-22(25)32/h4-7,10-13,15-17H,8-9,14,18H2,1-3H3. The molecule has 184 valence electrons. The summed E-state index contributed by atoms with van der Waals surface area (Å²) in [6, 6.07) is 22.4. The van der Waals surface area contributed by atoms with Crippen molar-refractivity contribution in [3.63, 3.8) is 0 Å². The molecule has 0 saturated carbocycles. The zero-order valence-electron chi connectivity index (χ0n) is 20.6. The average Bonchev–Trinajstić information content (AvgIpc) is 3.25. The Hall–Kier alpha value is -3.23. The number of methoxy groups -OCH3 is 1. The summed E-state index contributed by atoms with van der Waals surface area (Å²) in [5.74, 6) is 2.16. The quantitative estimate of drug-likeness (QED) is 0.259. The number of rotatable bonds is 8. The molecule has 1 aliphatic heterocycles. The average molecular weight is 517 g/mol. The second-order valence-electron chi connectivity index (χ2n) is 8.67. The lowest BCUT2D eigenvalue weighted by Gasteiger charge is -2.30. The van der Waals surface area contributed by atoms with Crippen LogP contribution in [0.15, 0.2) is 81.7 Å². The number of benzene rings is 3. The van der Waals surface area contributed by atoms with Crippen molar-refractivity contribution in [3.05, 3.63) is 83.7 Å². The summed E-state index contributed by atoms with van der Waals surface area (Å²) in [5.41, 5.74) is 4.30. The molecule has 0 fully saturated rings. The summed E-state index contributed by atoms with van der Waals surface area (Å²) in [7, 11) is 3.67. The lowest BCUT2D eigenvalue weighted by atomic mass is 10.0. The fraction of sp³-hybridized carbons (Fsp3) is 0.250. The van der Waals surface area contributed by atoms with Crippen LogP contribution >= 0.6 is 23.5 Å². The van der Waals surface area contributed by atoms with Crippen molar-refractivity contribution in [2.24, 2.45) is 7.05 Å². The molecule has 6 nitrogen and oxygen atoms in total. The highest BCUT2D eigenvalue weighted by molar-refractivity contribution is 8.00. The number of nitrogens with zero attached hydrogens (tertiary/aromatic N) is 4. The molecule has 1 aliphatic rings. The number of fused-ring (bicyclic) bond motifs is 2. The van der Waals surface area contributed by atoms with Crippen molar-refractivity contribution in [3.8, 4) is 5.75 Å². The predicted molar refractivity (Wildman–Crippen MR) is 146 cm³/mol. The minimum absolute atomic E-state index is 0.0274. The largest absolute Gasteiger partial charge is 0.496 e. The number of aryl methyl sites for hydroxylation is 3. The van der Waals surface area contributed by atoms with Crippen molar-refractivity contribution >= 4 is 40.8 Å². The molecule has 8 heteroatoms. The lowest BCUT2D eigenvalue weighted by molar-refractivity contribution is -0.115. The molecule has 0 aliphatic carbocycles. The third-order valence-corrected chi connectivity index (χ3v) is 8.39. The maximum Gasteiger partial charge on any atom is 0.242 e. The fourth-order valence-electron chi connectivity index (χ4n) is 4.40. The number of hydrogen-bond acceptors (Lipinski definition) is 6. The van der Waals surface area contributed by atoms with Gasteiger partial charge in [0.05, 0.1) is 24.2 Å². The van der Waals surface area contributed by atoms with Gasteiger partial charge in [-0.15, -0.1) is 10.2 Å². The van der Waals surface area contributed by atoms with E-state index < -0.39 is 0 Å². The van der Waals surface area contributed by atoms with E-state index in [4.69, 9.17) is 4.74 Å². The van der Waals surface area contributed by atoms with Crippen LogP contribution in [-0.4, -0.2) is 33.5 Å². The van der Waals surface area contributed by atoms with Crippen LogP contribution in [0.3, 0.4) is 0 Å². The van der Waals surface area contributed by atoms with E-state index in [0.29, 0.717) is 0 Å². The van der Waals surface area contributed by atoms with E-state index in [2.05, 4.69) is 41.4 Å². The number of ether oxygens (including phenoxy) is 1. The first-order valence-electron chi connectivity index (χ1n) is 11.9. The van der Waals surface area contributed by atoms with E-state index >= 15 is 0 Å². The maximum absolute atomic E-state index is 13.4. The molecule has 1 aromatic heterocycles. The first-order chi connectivity index (χ1) is 17.5. The number of anilines is 2. The van der Waals surface area contributed by atoms with E-state index in [1.807, 2.05) is 59.0 Å². The Morgan fingerprint density at radius 2 is 1.67 bits per heavy atom. The molecule has 1 amide bonds. The normalized spacial score (nSPS) is 12.2. The molecule has 0 radical (unpaired) electrons. The molecule has 0 spiro atoms. The van der Waals surface area contributed by atoms with Crippen molar-refractivity contribution in [1.82, 2.24) is 14.8 Å².